The number of hydrogen-bond donors (Lipinski definition) is 1. The first-order chi connectivity index (χ1) is 8.94. The lowest BCUT2D eigenvalue weighted by Crippen LogP contribution is -2.12. The lowest BCUT2D eigenvalue weighted by atomic mass is 10.1. The van der Waals surface area contributed by atoms with Crippen LogP contribution in [0.15, 0.2) is 40.9 Å². The number of benzene rings is 2. The Morgan fingerprint density at radius 1 is 1.05 bits per heavy atom. The number of amides is 1. The fourth-order valence-electron chi connectivity index (χ4n) is 1.88. The van der Waals surface area contributed by atoms with Gasteiger partial charge in [-0.2, -0.15) is 0 Å². The van der Waals surface area contributed by atoms with E-state index in [9.17, 15) is 9.18 Å². The van der Waals surface area contributed by atoms with Crippen LogP contribution in [0.2, 0.25) is 0 Å². The highest BCUT2D eigenvalue weighted by Gasteiger charge is 2.08. The first kappa shape index (κ1) is 13.7. The van der Waals surface area contributed by atoms with Crippen molar-refractivity contribution in [3.05, 3.63) is 63.4 Å². The molecule has 0 aliphatic carbocycles. The van der Waals surface area contributed by atoms with Gasteiger partial charge in [0.25, 0.3) is 5.91 Å². The Hall–Kier alpha value is -1.68. The number of carbonyl (C=O) groups excluding carboxylic acids is 1. The lowest BCUT2D eigenvalue weighted by molar-refractivity contribution is 0.102. The molecule has 0 saturated carbocycles. The van der Waals surface area contributed by atoms with Crippen LogP contribution >= 0.6 is 15.9 Å². The van der Waals surface area contributed by atoms with Crippen LogP contribution in [0, 0.1) is 19.7 Å². The summed E-state index contributed by atoms with van der Waals surface area (Å²) in [6, 6.07) is 9.88. The second kappa shape index (κ2) is 5.53. The molecule has 0 heterocycles. The Labute approximate surface area is 119 Å². The summed E-state index contributed by atoms with van der Waals surface area (Å²) in [5, 5.41) is 2.76. The van der Waals surface area contributed by atoms with Gasteiger partial charge in [-0.3, -0.25) is 4.79 Å². The van der Waals surface area contributed by atoms with Gasteiger partial charge in [0.2, 0.25) is 0 Å². The molecule has 2 rings (SSSR count). The van der Waals surface area contributed by atoms with Gasteiger partial charge in [0.15, 0.2) is 0 Å². The summed E-state index contributed by atoms with van der Waals surface area (Å²) in [5.74, 6) is -0.726. The predicted octanol–water partition coefficient (Wildman–Crippen LogP) is 4.46. The quantitative estimate of drug-likeness (QED) is 0.869. The third kappa shape index (κ3) is 3.64. The van der Waals surface area contributed by atoms with Crippen molar-refractivity contribution >= 4 is 27.5 Å². The van der Waals surface area contributed by atoms with Crippen LogP contribution in [0.25, 0.3) is 0 Å². The average molecular weight is 322 g/mol. The molecule has 2 aromatic rings. The Balaban J connectivity index is 2.25. The second-order valence-electron chi connectivity index (χ2n) is 4.49. The molecule has 0 spiro atoms. The van der Waals surface area contributed by atoms with Crippen LogP contribution in [-0.2, 0) is 0 Å². The lowest BCUT2D eigenvalue weighted by Gasteiger charge is -2.08. The molecule has 4 heteroatoms. The summed E-state index contributed by atoms with van der Waals surface area (Å²) in [6.07, 6.45) is 0. The number of aryl methyl sites for hydroxylation is 2. The highest BCUT2D eigenvalue weighted by Crippen LogP contribution is 2.20. The first-order valence-corrected chi connectivity index (χ1v) is 6.59. The minimum atomic E-state index is -0.407. The molecular formula is C15H13BrFNO. The van der Waals surface area contributed by atoms with Crippen molar-refractivity contribution in [2.75, 3.05) is 5.32 Å². The van der Waals surface area contributed by atoms with Crippen LogP contribution in [0.4, 0.5) is 10.1 Å². The zero-order valence-electron chi connectivity index (χ0n) is 10.6. The summed E-state index contributed by atoms with van der Waals surface area (Å²) >= 11 is 3.37. The number of carbonyl (C=O) groups is 1. The highest BCUT2D eigenvalue weighted by molar-refractivity contribution is 9.10. The zero-order valence-corrected chi connectivity index (χ0v) is 12.2. The van der Waals surface area contributed by atoms with Crippen LogP contribution in [0.3, 0.4) is 0 Å². The van der Waals surface area contributed by atoms with Gasteiger partial charge in [0.05, 0.1) is 0 Å². The van der Waals surface area contributed by atoms with Crippen molar-refractivity contribution in [1.82, 2.24) is 0 Å². The molecule has 0 aliphatic heterocycles. The number of halogens is 2. The van der Waals surface area contributed by atoms with E-state index in [1.54, 1.807) is 19.1 Å². The molecule has 2 nitrogen and oxygen atoms in total. The minimum Gasteiger partial charge on any atom is -0.322 e. The van der Waals surface area contributed by atoms with Gasteiger partial charge in [-0.05, 0) is 61.4 Å². The molecule has 0 aliphatic rings. The van der Waals surface area contributed by atoms with E-state index in [4.69, 9.17) is 0 Å². The smallest absolute Gasteiger partial charge is 0.255 e. The maximum Gasteiger partial charge on any atom is 0.255 e. The van der Waals surface area contributed by atoms with Crippen molar-refractivity contribution in [2.24, 2.45) is 0 Å². The Morgan fingerprint density at radius 2 is 1.74 bits per heavy atom. The van der Waals surface area contributed by atoms with Gasteiger partial charge in [-0.15, -0.1) is 0 Å². The van der Waals surface area contributed by atoms with E-state index in [1.807, 2.05) is 19.1 Å². The number of rotatable bonds is 2. The molecule has 1 N–H and O–H groups in total. The molecule has 0 saturated heterocycles. The van der Waals surface area contributed by atoms with Gasteiger partial charge in [0.1, 0.15) is 5.82 Å². The largest absolute Gasteiger partial charge is 0.322 e. The highest BCUT2D eigenvalue weighted by atomic mass is 79.9. The summed E-state index contributed by atoms with van der Waals surface area (Å²) in [7, 11) is 0. The third-order valence-corrected chi connectivity index (χ3v) is 3.06. The molecule has 0 unspecified atom stereocenters. The molecule has 0 aromatic heterocycles. The minimum absolute atomic E-state index is 0.315. The van der Waals surface area contributed by atoms with Crippen LogP contribution < -0.4 is 5.32 Å². The molecule has 0 fully saturated rings. The van der Waals surface area contributed by atoms with E-state index in [1.165, 1.54) is 12.1 Å². The van der Waals surface area contributed by atoms with E-state index >= 15 is 0 Å². The SMILES string of the molecule is Cc1cc(Br)cc(NC(=O)c2cc(C)cc(F)c2)c1. The zero-order chi connectivity index (χ0) is 14.0. The van der Waals surface area contributed by atoms with Gasteiger partial charge in [-0.1, -0.05) is 15.9 Å². The molecule has 98 valence electrons. The van der Waals surface area contributed by atoms with Gasteiger partial charge in [0, 0.05) is 15.7 Å². The van der Waals surface area contributed by atoms with Crippen LogP contribution in [0.1, 0.15) is 21.5 Å². The third-order valence-electron chi connectivity index (χ3n) is 2.60. The Morgan fingerprint density at radius 3 is 2.37 bits per heavy atom. The number of hydrogen-bond acceptors (Lipinski definition) is 1. The maximum atomic E-state index is 13.3. The number of anilines is 1. The van der Waals surface area contributed by atoms with E-state index in [0.717, 1.165) is 15.6 Å². The summed E-state index contributed by atoms with van der Waals surface area (Å²) in [6.45, 7) is 3.69. The van der Waals surface area contributed by atoms with Gasteiger partial charge in [-0.25, -0.2) is 4.39 Å². The Bertz CT molecular complexity index is 600. The van der Waals surface area contributed by atoms with Crippen LogP contribution in [-0.4, -0.2) is 5.91 Å². The molecule has 0 bridgehead atoms. The Kier molecular flexibility index (Phi) is 4.00. The number of nitrogens with one attached hydrogen (secondary N) is 1. The normalized spacial score (nSPS) is 10.3. The van der Waals surface area contributed by atoms with Crippen molar-refractivity contribution < 1.29 is 9.18 Å². The van der Waals surface area contributed by atoms with E-state index < -0.39 is 5.82 Å². The summed E-state index contributed by atoms with van der Waals surface area (Å²) in [5.41, 5.74) is 2.74. The topological polar surface area (TPSA) is 29.1 Å². The fraction of sp³-hybridized carbons (Fsp3) is 0.133. The van der Waals surface area contributed by atoms with E-state index in [-0.39, 0.29) is 5.91 Å². The predicted molar refractivity (Wildman–Crippen MR) is 78.0 cm³/mol. The summed E-state index contributed by atoms with van der Waals surface area (Å²) in [4.78, 5) is 12.0. The van der Waals surface area contributed by atoms with Crippen LogP contribution in [0.5, 0.6) is 0 Å². The summed E-state index contributed by atoms with van der Waals surface area (Å²) < 4.78 is 14.2. The van der Waals surface area contributed by atoms with Crippen molar-refractivity contribution in [1.29, 1.82) is 0 Å². The average Bonchev–Trinajstić information content (AvgIpc) is 2.25. The molecule has 0 atom stereocenters. The molecule has 1 amide bonds. The maximum absolute atomic E-state index is 13.3. The first-order valence-electron chi connectivity index (χ1n) is 5.80. The second-order valence-corrected chi connectivity index (χ2v) is 5.40. The molecular weight excluding hydrogens is 309 g/mol. The molecule has 19 heavy (non-hydrogen) atoms. The van der Waals surface area contributed by atoms with E-state index in [0.29, 0.717) is 11.3 Å². The molecule has 2 aromatic carbocycles. The van der Waals surface area contributed by atoms with Crippen molar-refractivity contribution in [3.8, 4) is 0 Å². The molecule has 0 radical (unpaired) electrons. The monoisotopic (exact) mass is 321 g/mol. The standard InChI is InChI=1S/C15H13BrFNO/c1-9-3-11(7-13(17)5-9)15(19)18-14-6-10(2)4-12(16)8-14/h3-8H,1-2H3,(H,18,19). The van der Waals surface area contributed by atoms with Crippen molar-refractivity contribution in [3.63, 3.8) is 0 Å². The fourth-order valence-corrected chi connectivity index (χ4v) is 2.49. The van der Waals surface area contributed by atoms with Gasteiger partial charge < -0.3 is 5.32 Å². The van der Waals surface area contributed by atoms with Gasteiger partial charge >= 0.3 is 0 Å². The van der Waals surface area contributed by atoms with Crippen molar-refractivity contribution in [2.45, 2.75) is 13.8 Å². The van der Waals surface area contributed by atoms with E-state index in [2.05, 4.69) is 21.2 Å².